The van der Waals surface area contributed by atoms with Crippen LogP contribution >= 0.6 is 0 Å². The predicted molar refractivity (Wildman–Crippen MR) is 76.9 cm³/mol. The second kappa shape index (κ2) is 6.26. The van der Waals surface area contributed by atoms with Gasteiger partial charge in [0.2, 0.25) is 5.75 Å². The molecule has 0 saturated carbocycles. The van der Waals surface area contributed by atoms with Crippen LogP contribution in [0.4, 0.5) is 4.39 Å². The van der Waals surface area contributed by atoms with Gasteiger partial charge in [-0.1, -0.05) is 6.07 Å². The number of methoxy groups -OCH3 is 3. The Morgan fingerprint density at radius 1 is 0.905 bits per heavy atom. The molecule has 0 bridgehead atoms. The Bertz CT molecular complexity index is 668. The van der Waals surface area contributed by atoms with E-state index in [9.17, 15) is 9.18 Å². The van der Waals surface area contributed by atoms with Crippen molar-refractivity contribution in [3.63, 3.8) is 0 Å². The van der Waals surface area contributed by atoms with E-state index in [1.54, 1.807) is 12.1 Å². The molecule has 0 unspecified atom stereocenters. The maximum Gasteiger partial charge on any atom is 0.203 e. The lowest BCUT2D eigenvalue weighted by molar-refractivity contribution is 0.112. The van der Waals surface area contributed by atoms with Gasteiger partial charge in [-0.3, -0.25) is 4.79 Å². The first-order chi connectivity index (χ1) is 10.2. The van der Waals surface area contributed by atoms with E-state index in [1.165, 1.54) is 39.5 Å². The zero-order chi connectivity index (χ0) is 15.4. The molecule has 0 fully saturated rings. The fraction of sp³-hybridized carbons (Fsp3) is 0.188. The van der Waals surface area contributed by atoms with E-state index >= 15 is 0 Å². The van der Waals surface area contributed by atoms with E-state index < -0.39 is 5.82 Å². The van der Waals surface area contributed by atoms with Crippen LogP contribution in [0.25, 0.3) is 11.1 Å². The standard InChI is InChI=1S/C16H15FO4/c1-19-14-7-6-13(15(20-2)16(14)21-3)12-5-4-11(17)8-10(12)9-18/h4-9H,1-3H3. The van der Waals surface area contributed by atoms with Crippen LogP contribution in [0.2, 0.25) is 0 Å². The van der Waals surface area contributed by atoms with Gasteiger partial charge < -0.3 is 14.2 Å². The summed E-state index contributed by atoms with van der Waals surface area (Å²) in [5, 5.41) is 0. The van der Waals surface area contributed by atoms with Gasteiger partial charge in [-0.2, -0.15) is 0 Å². The number of benzene rings is 2. The molecule has 0 aliphatic rings. The molecule has 110 valence electrons. The molecule has 0 aliphatic heterocycles. The Morgan fingerprint density at radius 2 is 1.57 bits per heavy atom. The van der Waals surface area contributed by atoms with Crippen LogP contribution in [0.5, 0.6) is 17.2 Å². The summed E-state index contributed by atoms with van der Waals surface area (Å²) < 4.78 is 29.2. The van der Waals surface area contributed by atoms with E-state index in [2.05, 4.69) is 0 Å². The molecule has 21 heavy (non-hydrogen) atoms. The molecule has 2 aromatic rings. The fourth-order valence-electron chi connectivity index (χ4n) is 2.19. The molecule has 2 aromatic carbocycles. The molecule has 0 saturated heterocycles. The normalized spacial score (nSPS) is 10.1. The molecule has 0 heterocycles. The molecular formula is C16H15FO4. The summed E-state index contributed by atoms with van der Waals surface area (Å²) in [6.07, 6.45) is 0.606. The SMILES string of the molecule is COc1ccc(-c2ccc(F)cc2C=O)c(OC)c1OC. The van der Waals surface area contributed by atoms with Crippen LogP contribution in [-0.2, 0) is 0 Å². The summed E-state index contributed by atoms with van der Waals surface area (Å²) in [6, 6.07) is 7.44. The minimum atomic E-state index is -0.472. The van der Waals surface area contributed by atoms with Crippen molar-refractivity contribution in [2.45, 2.75) is 0 Å². The van der Waals surface area contributed by atoms with Crippen molar-refractivity contribution in [1.29, 1.82) is 0 Å². The quantitative estimate of drug-likeness (QED) is 0.792. The molecule has 0 atom stereocenters. The number of aldehydes is 1. The lowest BCUT2D eigenvalue weighted by atomic mass is 9.98. The Hall–Kier alpha value is -2.56. The van der Waals surface area contributed by atoms with Crippen molar-refractivity contribution < 1.29 is 23.4 Å². The summed E-state index contributed by atoms with van der Waals surface area (Å²) in [5.74, 6) is 0.874. The molecule has 0 amide bonds. The van der Waals surface area contributed by atoms with Gasteiger partial charge in [0.25, 0.3) is 0 Å². The minimum absolute atomic E-state index is 0.237. The first-order valence-corrected chi connectivity index (χ1v) is 6.20. The van der Waals surface area contributed by atoms with Gasteiger partial charge >= 0.3 is 0 Å². The largest absolute Gasteiger partial charge is 0.493 e. The number of rotatable bonds is 5. The number of hydrogen-bond donors (Lipinski definition) is 0. The van der Waals surface area contributed by atoms with Crippen LogP contribution in [0, 0.1) is 5.82 Å². The number of halogens is 1. The highest BCUT2D eigenvalue weighted by Gasteiger charge is 2.18. The van der Waals surface area contributed by atoms with Crippen molar-refractivity contribution in [2.75, 3.05) is 21.3 Å². The molecule has 0 aliphatic carbocycles. The average molecular weight is 290 g/mol. The smallest absolute Gasteiger partial charge is 0.203 e. The number of carbonyl (C=O) groups is 1. The molecular weight excluding hydrogens is 275 g/mol. The fourth-order valence-corrected chi connectivity index (χ4v) is 2.19. The minimum Gasteiger partial charge on any atom is -0.493 e. The molecule has 2 rings (SSSR count). The predicted octanol–water partition coefficient (Wildman–Crippen LogP) is 3.33. The number of hydrogen-bond acceptors (Lipinski definition) is 4. The first kappa shape index (κ1) is 14.8. The van der Waals surface area contributed by atoms with Crippen LogP contribution in [0.3, 0.4) is 0 Å². The van der Waals surface area contributed by atoms with Crippen molar-refractivity contribution in [2.24, 2.45) is 0 Å². The number of ether oxygens (including phenoxy) is 3. The monoisotopic (exact) mass is 290 g/mol. The Labute approximate surface area is 122 Å². The van der Waals surface area contributed by atoms with Crippen LogP contribution in [0.15, 0.2) is 30.3 Å². The molecule has 0 aromatic heterocycles. The van der Waals surface area contributed by atoms with Crippen LogP contribution in [0.1, 0.15) is 10.4 Å². The van der Waals surface area contributed by atoms with Crippen LogP contribution in [-0.4, -0.2) is 27.6 Å². The van der Waals surface area contributed by atoms with Gasteiger partial charge in [-0.05, 0) is 29.8 Å². The zero-order valence-electron chi connectivity index (χ0n) is 12.0. The third kappa shape index (κ3) is 2.67. The lowest BCUT2D eigenvalue weighted by Gasteiger charge is -2.16. The third-order valence-electron chi connectivity index (χ3n) is 3.13. The summed E-state index contributed by atoms with van der Waals surface area (Å²) in [6.45, 7) is 0. The molecule has 0 spiro atoms. The zero-order valence-corrected chi connectivity index (χ0v) is 12.0. The van der Waals surface area contributed by atoms with E-state index in [1.807, 2.05) is 0 Å². The van der Waals surface area contributed by atoms with Gasteiger partial charge in [0.15, 0.2) is 17.8 Å². The van der Waals surface area contributed by atoms with Gasteiger partial charge in [0, 0.05) is 11.1 Å². The molecule has 0 radical (unpaired) electrons. The average Bonchev–Trinajstić information content (AvgIpc) is 2.53. The van der Waals surface area contributed by atoms with E-state index in [-0.39, 0.29) is 5.56 Å². The van der Waals surface area contributed by atoms with Gasteiger partial charge in [0.1, 0.15) is 5.82 Å². The van der Waals surface area contributed by atoms with Crippen molar-refractivity contribution in [3.05, 3.63) is 41.7 Å². The highest BCUT2D eigenvalue weighted by molar-refractivity contribution is 5.90. The van der Waals surface area contributed by atoms with E-state index in [0.717, 1.165) is 0 Å². The summed E-state index contributed by atoms with van der Waals surface area (Å²) in [7, 11) is 4.51. The van der Waals surface area contributed by atoms with E-state index in [0.29, 0.717) is 34.7 Å². The van der Waals surface area contributed by atoms with E-state index in [4.69, 9.17) is 14.2 Å². The second-order valence-corrected chi connectivity index (χ2v) is 4.23. The van der Waals surface area contributed by atoms with Crippen molar-refractivity contribution >= 4 is 6.29 Å². The van der Waals surface area contributed by atoms with Crippen LogP contribution < -0.4 is 14.2 Å². The molecule has 5 heteroatoms. The van der Waals surface area contributed by atoms with Gasteiger partial charge in [-0.25, -0.2) is 4.39 Å². The second-order valence-electron chi connectivity index (χ2n) is 4.23. The maximum absolute atomic E-state index is 13.3. The Morgan fingerprint density at radius 3 is 2.14 bits per heavy atom. The topological polar surface area (TPSA) is 44.8 Å². The third-order valence-corrected chi connectivity index (χ3v) is 3.13. The summed E-state index contributed by atoms with van der Waals surface area (Å²) in [4.78, 5) is 11.2. The summed E-state index contributed by atoms with van der Waals surface area (Å²) in [5.41, 5.74) is 1.42. The Kier molecular flexibility index (Phi) is 4.42. The van der Waals surface area contributed by atoms with Gasteiger partial charge in [-0.15, -0.1) is 0 Å². The molecule has 4 nitrogen and oxygen atoms in total. The Balaban J connectivity index is 2.72. The maximum atomic E-state index is 13.3. The van der Waals surface area contributed by atoms with Gasteiger partial charge in [0.05, 0.1) is 21.3 Å². The van der Waals surface area contributed by atoms with Crippen molar-refractivity contribution in [3.8, 4) is 28.4 Å². The summed E-state index contributed by atoms with van der Waals surface area (Å²) >= 11 is 0. The number of carbonyl (C=O) groups excluding carboxylic acids is 1. The molecule has 0 N–H and O–H groups in total. The highest BCUT2D eigenvalue weighted by atomic mass is 19.1. The highest BCUT2D eigenvalue weighted by Crippen LogP contribution is 2.44. The first-order valence-electron chi connectivity index (χ1n) is 6.20. The lowest BCUT2D eigenvalue weighted by Crippen LogP contribution is -1.98. The van der Waals surface area contributed by atoms with Crippen molar-refractivity contribution in [1.82, 2.24) is 0 Å².